The van der Waals surface area contributed by atoms with Crippen LogP contribution in [0, 0.1) is 3.57 Å². The van der Waals surface area contributed by atoms with Gasteiger partial charge in [-0.05, 0) is 124 Å². The summed E-state index contributed by atoms with van der Waals surface area (Å²) in [5, 5.41) is 0. The number of aliphatic imine (C=N–C) groups is 1. The number of carbonyl (C=O) groups is 1. The van der Waals surface area contributed by atoms with E-state index in [9.17, 15) is 4.79 Å². The highest BCUT2D eigenvalue weighted by Gasteiger charge is 2.25. The molecule has 0 amide bonds. The molecule has 0 atom stereocenters. The maximum Gasteiger partial charge on any atom is 0.363 e. The molecule has 1 aliphatic heterocycles. The molecule has 3 aromatic rings. The van der Waals surface area contributed by atoms with Crippen LogP contribution in [0.5, 0.6) is 5.75 Å². The molecule has 0 N–H and O–H groups in total. The van der Waals surface area contributed by atoms with Gasteiger partial charge in [0.2, 0.25) is 5.90 Å². The van der Waals surface area contributed by atoms with Gasteiger partial charge in [0.05, 0.1) is 14.5 Å². The van der Waals surface area contributed by atoms with Gasteiger partial charge in [0.25, 0.3) is 0 Å². The molecule has 0 unspecified atom stereocenters. The molecule has 0 saturated heterocycles. The smallest absolute Gasteiger partial charge is 0.363 e. The summed E-state index contributed by atoms with van der Waals surface area (Å²) in [5.41, 5.74) is 2.82. The lowest BCUT2D eigenvalue weighted by atomic mass is 10.2. The first-order chi connectivity index (χ1) is 14.9. The molecule has 0 bridgehead atoms. The van der Waals surface area contributed by atoms with Crippen LogP contribution in [0.2, 0.25) is 0 Å². The van der Waals surface area contributed by atoms with Crippen molar-refractivity contribution in [2.24, 2.45) is 4.99 Å². The molecule has 0 aliphatic carbocycles. The van der Waals surface area contributed by atoms with Gasteiger partial charge in [0, 0.05) is 8.04 Å². The third-order valence-corrected chi connectivity index (χ3v) is 6.86. The van der Waals surface area contributed by atoms with E-state index in [-0.39, 0.29) is 11.6 Å². The molecule has 0 aromatic heterocycles. The van der Waals surface area contributed by atoms with Crippen molar-refractivity contribution in [2.45, 2.75) is 6.61 Å². The summed E-state index contributed by atoms with van der Waals surface area (Å²) in [6.45, 7) is 0.445. The van der Waals surface area contributed by atoms with E-state index < -0.39 is 5.97 Å². The van der Waals surface area contributed by atoms with E-state index in [1.165, 1.54) is 0 Å². The van der Waals surface area contributed by atoms with Crippen molar-refractivity contribution in [1.29, 1.82) is 0 Å². The number of ether oxygens (including phenoxy) is 2. The third-order valence-electron chi connectivity index (χ3n) is 4.32. The maximum atomic E-state index is 12.3. The van der Waals surface area contributed by atoms with Crippen molar-refractivity contribution in [3.05, 3.63) is 100 Å². The number of esters is 1. The number of hydrogen-bond acceptors (Lipinski definition) is 4. The highest BCUT2D eigenvalue weighted by molar-refractivity contribution is 14.1. The largest absolute Gasteiger partial charge is 0.487 e. The van der Waals surface area contributed by atoms with Crippen LogP contribution >= 0.6 is 70.4 Å². The fourth-order valence-electron chi connectivity index (χ4n) is 2.90. The van der Waals surface area contributed by atoms with Gasteiger partial charge >= 0.3 is 5.97 Å². The molecule has 8 heteroatoms. The topological polar surface area (TPSA) is 47.9 Å². The summed E-state index contributed by atoms with van der Waals surface area (Å²) in [7, 11) is 0. The van der Waals surface area contributed by atoms with Crippen molar-refractivity contribution in [1.82, 2.24) is 0 Å². The van der Waals surface area contributed by atoms with Gasteiger partial charge in [-0.3, -0.25) is 0 Å². The fourth-order valence-corrected chi connectivity index (χ4v) is 5.41. The minimum Gasteiger partial charge on any atom is -0.487 e. The maximum absolute atomic E-state index is 12.3. The Morgan fingerprint density at radius 1 is 0.968 bits per heavy atom. The molecule has 156 valence electrons. The average molecular weight is 718 g/mol. The lowest BCUT2D eigenvalue weighted by molar-refractivity contribution is -0.129. The zero-order valence-electron chi connectivity index (χ0n) is 15.7. The van der Waals surface area contributed by atoms with Crippen molar-refractivity contribution in [2.75, 3.05) is 0 Å². The standard InChI is InChI=1S/C23H13Br3INO3/c24-17-7-2-1-6-16(17)22-28-20(23(29)31-22)11-14-9-18(25)21(19(26)10-14)30-12-13-4-3-5-15(27)8-13/h1-11H,12H2/b20-11-. The molecule has 0 radical (unpaired) electrons. The van der Waals surface area contributed by atoms with E-state index in [0.29, 0.717) is 12.4 Å². The SMILES string of the molecule is O=C1OC(c2ccccc2Br)=N/C1=C\c1cc(Br)c(OCc2cccc(I)c2)c(Br)c1. The Labute approximate surface area is 218 Å². The Balaban J connectivity index is 1.57. The minimum atomic E-state index is -0.489. The van der Waals surface area contributed by atoms with Gasteiger partial charge in [-0.1, -0.05) is 24.3 Å². The number of carbonyl (C=O) groups excluding carboxylic acids is 1. The zero-order chi connectivity index (χ0) is 22.0. The van der Waals surface area contributed by atoms with Crippen LogP contribution in [-0.2, 0) is 16.1 Å². The van der Waals surface area contributed by atoms with Crippen LogP contribution in [0.4, 0.5) is 0 Å². The molecule has 3 aromatic carbocycles. The molecule has 1 aliphatic rings. The van der Waals surface area contributed by atoms with E-state index in [1.807, 2.05) is 54.6 Å². The predicted octanol–water partition coefficient (Wildman–Crippen LogP) is 7.50. The normalized spacial score (nSPS) is 14.5. The van der Waals surface area contributed by atoms with E-state index in [2.05, 4.69) is 81.4 Å². The van der Waals surface area contributed by atoms with Gasteiger partial charge < -0.3 is 9.47 Å². The predicted molar refractivity (Wildman–Crippen MR) is 140 cm³/mol. The second-order valence-corrected chi connectivity index (χ2v) is 10.4. The number of hydrogen-bond donors (Lipinski definition) is 0. The Morgan fingerprint density at radius 2 is 1.71 bits per heavy atom. The number of cyclic esters (lactones) is 1. The van der Waals surface area contributed by atoms with E-state index in [0.717, 1.165) is 33.7 Å². The Hall–Kier alpha value is -1.49. The molecule has 31 heavy (non-hydrogen) atoms. The summed E-state index contributed by atoms with van der Waals surface area (Å²) in [4.78, 5) is 16.7. The van der Waals surface area contributed by atoms with Crippen LogP contribution in [0.25, 0.3) is 6.08 Å². The van der Waals surface area contributed by atoms with Gasteiger partial charge in [-0.25, -0.2) is 9.79 Å². The number of benzene rings is 3. The molecule has 4 nitrogen and oxygen atoms in total. The molecule has 1 heterocycles. The summed E-state index contributed by atoms with van der Waals surface area (Å²) >= 11 is 12.9. The summed E-state index contributed by atoms with van der Waals surface area (Å²) < 4.78 is 14.9. The lowest BCUT2D eigenvalue weighted by Crippen LogP contribution is -2.05. The zero-order valence-corrected chi connectivity index (χ0v) is 22.7. The van der Waals surface area contributed by atoms with Gasteiger partial charge in [0.15, 0.2) is 5.70 Å². The Bertz CT molecular complexity index is 1220. The third kappa shape index (κ3) is 5.47. The van der Waals surface area contributed by atoms with Crippen LogP contribution in [0.1, 0.15) is 16.7 Å². The van der Waals surface area contributed by atoms with Crippen molar-refractivity contribution >= 4 is 88.3 Å². The monoisotopic (exact) mass is 715 g/mol. The Kier molecular flexibility index (Phi) is 7.30. The van der Waals surface area contributed by atoms with E-state index in [1.54, 1.807) is 6.08 Å². The number of halogens is 4. The highest BCUT2D eigenvalue weighted by Crippen LogP contribution is 2.36. The molecular weight excluding hydrogens is 705 g/mol. The summed E-state index contributed by atoms with van der Waals surface area (Å²) in [5.74, 6) is 0.476. The molecule has 0 fully saturated rings. The Morgan fingerprint density at radius 3 is 2.42 bits per heavy atom. The lowest BCUT2D eigenvalue weighted by Gasteiger charge is -2.12. The van der Waals surface area contributed by atoms with Crippen LogP contribution in [-0.4, -0.2) is 11.9 Å². The average Bonchev–Trinajstić information content (AvgIpc) is 3.08. The van der Waals surface area contributed by atoms with Gasteiger partial charge in [0.1, 0.15) is 12.4 Å². The van der Waals surface area contributed by atoms with E-state index in [4.69, 9.17) is 9.47 Å². The first kappa shape index (κ1) is 22.7. The summed E-state index contributed by atoms with van der Waals surface area (Å²) in [6.07, 6.45) is 1.69. The summed E-state index contributed by atoms with van der Waals surface area (Å²) in [6, 6.07) is 19.4. The number of nitrogens with zero attached hydrogens (tertiary/aromatic N) is 1. The highest BCUT2D eigenvalue weighted by atomic mass is 127. The van der Waals surface area contributed by atoms with Crippen molar-refractivity contribution < 1.29 is 14.3 Å². The quantitative estimate of drug-likeness (QED) is 0.156. The minimum absolute atomic E-state index is 0.233. The van der Waals surface area contributed by atoms with E-state index >= 15 is 0 Å². The fraction of sp³-hybridized carbons (Fsp3) is 0.0435. The van der Waals surface area contributed by atoms with Gasteiger partial charge in [-0.2, -0.15) is 0 Å². The van der Waals surface area contributed by atoms with Gasteiger partial charge in [-0.15, -0.1) is 0 Å². The molecule has 4 rings (SSSR count). The van der Waals surface area contributed by atoms with Crippen molar-refractivity contribution in [3.8, 4) is 5.75 Å². The van der Waals surface area contributed by atoms with Crippen molar-refractivity contribution in [3.63, 3.8) is 0 Å². The molecule has 0 spiro atoms. The second-order valence-electron chi connectivity index (χ2n) is 6.55. The molecule has 0 saturated carbocycles. The molecular formula is C23H13Br3INO3. The first-order valence-electron chi connectivity index (χ1n) is 9.04. The first-order valence-corrected chi connectivity index (χ1v) is 12.5. The van der Waals surface area contributed by atoms with Crippen LogP contribution < -0.4 is 4.74 Å². The van der Waals surface area contributed by atoms with Crippen LogP contribution in [0.15, 0.2) is 84.8 Å². The number of rotatable bonds is 5. The van der Waals surface area contributed by atoms with Crippen LogP contribution in [0.3, 0.4) is 0 Å². The second kappa shape index (κ2) is 9.97.